The van der Waals surface area contributed by atoms with Crippen LogP contribution < -0.4 is 4.90 Å². The molecular formula is C13H12ClN3S2. The molecule has 0 aliphatic carbocycles. The standard InChI is InChI=1S/C13H12ClN3S2/c1-8(10-4-3-6-18-10)17(2)11-9-5-7-19-12(9)16-13(14)15-11/h3-8H,1-2H3. The highest BCUT2D eigenvalue weighted by molar-refractivity contribution is 7.16. The summed E-state index contributed by atoms with van der Waals surface area (Å²) in [6.07, 6.45) is 0. The van der Waals surface area contributed by atoms with Gasteiger partial charge in [-0.1, -0.05) is 6.07 Å². The molecule has 0 N–H and O–H groups in total. The average Bonchev–Trinajstić information content (AvgIpc) is 3.06. The summed E-state index contributed by atoms with van der Waals surface area (Å²) >= 11 is 9.35. The summed E-state index contributed by atoms with van der Waals surface area (Å²) in [6.45, 7) is 2.17. The van der Waals surface area contributed by atoms with Crippen LogP contribution in [0.5, 0.6) is 0 Å². The number of aromatic nitrogens is 2. The van der Waals surface area contributed by atoms with Crippen molar-refractivity contribution in [3.8, 4) is 0 Å². The first-order valence-electron chi connectivity index (χ1n) is 5.84. The number of fused-ring (bicyclic) bond motifs is 1. The first kappa shape index (κ1) is 12.8. The summed E-state index contributed by atoms with van der Waals surface area (Å²) in [7, 11) is 2.04. The molecule has 0 amide bonds. The molecule has 3 aromatic heterocycles. The van der Waals surface area contributed by atoms with Gasteiger partial charge >= 0.3 is 0 Å². The molecule has 3 aromatic rings. The Morgan fingerprint density at radius 3 is 2.79 bits per heavy atom. The molecule has 0 radical (unpaired) electrons. The molecule has 6 heteroatoms. The summed E-state index contributed by atoms with van der Waals surface area (Å²) in [5.41, 5.74) is 0. The molecule has 0 aliphatic heterocycles. The van der Waals surface area contributed by atoms with Gasteiger partial charge in [0, 0.05) is 11.9 Å². The van der Waals surface area contributed by atoms with Crippen molar-refractivity contribution < 1.29 is 0 Å². The Kier molecular flexibility index (Phi) is 3.43. The third-order valence-electron chi connectivity index (χ3n) is 3.15. The monoisotopic (exact) mass is 309 g/mol. The van der Waals surface area contributed by atoms with E-state index in [4.69, 9.17) is 11.6 Å². The first-order valence-corrected chi connectivity index (χ1v) is 7.97. The van der Waals surface area contributed by atoms with Crippen LogP contribution in [0.25, 0.3) is 10.2 Å². The zero-order valence-electron chi connectivity index (χ0n) is 10.5. The molecule has 0 bridgehead atoms. The fourth-order valence-corrected chi connectivity index (χ4v) is 3.79. The maximum Gasteiger partial charge on any atom is 0.225 e. The second-order valence-corrected chi connectivity index (χ2v) is 6.47. The van der Waals surface area contributed by atoms with Gasteiger partial charge in [0.15, 0.2) is 0 Å². The summed E-state index contributed by atoms with van der Waals surface area (Å²) in [5, 5.41) is 5.46. The van der Waals surface area contributed by atoms with Crippen LogP contribution in [0.2, 0.25) is 5.28 Å². The maximum absolute atomic E-state index is 6.01. The molecule has 0 saturated carbocycles. The number of halogens is 1. The van der Waals surface area contributed by atoms with Crippen molar-refractivity contribution in [3.05, 3.63) is 39.1 Å². The Morgan fingerprint density at radius 2 is 2.05 bits per heavy atom. The SMILES string of the molecule is CC(c1cccs1)N(C)c1nc(Cl)nc2sccc12. The molecule has 3 heterocycles. The molecule has 0 aliphatic rings. The molecule has 0 fully saturated rings. The quantitative estimate of drug-likeness (QED) is 0.662. The van der Waals surface area contributed by atoms with E-state index >= 15 is 0 Å². The fraction of sp³-hybridized carbons (Fsp3) is 0.231. The van der Waals surface area contributed by atoms with Crippen molar-refractivity contribution in [2.75, 3.05) is 11.9 Å². The van der Waals surface area contributed by atoms with Crippen LogP contribution in [0.3, 0.4) is 0 Å². The van der Waals surface area contributed by atoms with Crippen LogP contribution in [-0.4, -0.2) is 17.0 Å². The summed E-state index contributed by atoms with van der Waals surface area (Å²) in [5.74, 6) is 0.886. The van der Waals surface area contributed by atoms with Crippen LogP contribution in [-0.2, 0) is 0 Å². The van der Waals surface area contributed by atoms with E-state index in [1.807, 2.05) is 18.5 Å². The lowest BCUT2D eigenvalue weighted by Crippen LogP contribution is -2.22. The highest BCUT2D eigenvalue weighted by Crippen LogP contribution is 2.33. The van der Waals surface area contributed by atoms with Gasteiger partial charge in [0.1, 0.15) is 10.6 Å². The van der Waals surface area contributed by atoms with Gasteiger partial charge in [0.2, 0.25) is 5.28 Å². The lowest BCUT2D eigenvalue weighted by Gasteiger charge is -2.25. The second kappa shape index (κ2) is 5.07. The lowest BCUT2D eigenvalue weighted by atomic mass is 10.2. The molecule has 0 saturated heterocycles. The van der Waals surface area contributed by atoms with E-state index < -0.39 is 0 Å². The number of anilines is 1. The van der Waals surface area contributed by atoms with Crippen LogP contribution in [0, 0.1) is 0 Å². The third kappa shape index (κ3) is 2.33. The van der Waals surface area contributed by atoms with Crippen molar-refractivity contribution in [2.45, 2.75) is 13.0 Å². The molecule has 98 valence electrons. The molecule has 0 spiro atoms. The Hall–Kier alpha value is -1.17. The van der Waals surface area contributed by atoms with Crippen molar-refractivity contribution in [3.63, 3.8) is 0 Å². The second-order valence-electron chi connectivity index (χ2n) is 4.26. The van der Waals surface area contributed by atoms with E-state index in [0.717, 1.165) is 16.0 Å². The average molecular weight is 310 g/mol. The van der Waals surface area contributed by atoms with Crippen molar-refractivity contribution in [1.82, 2.24) is 9.97 Å². The molecular weight excluding hydrogens is 298 g/mol. The van der Waals surface area contributed by atoms with Crippen LogP contribution in [0.1, 0.15) is 17.8 Å². The number of rotatable bonds is 3. The van der Waals surface area contributed by atoms with Gasteiger partial charge in [0.25, 0.3) is 0 Å². The minimum atomic E-state index is 0.258. The Labute approximate surface area is 124 Å². The number of hydrogen-bond acceptors (Lipinski definition) is 5. The Morgan fingerprint density at radius 1 is 1.21 bits per heavy atom. The topological polar surface area (TPSA) is 29.0 Å². The van der Waals surface area contributed by atoms with Gasteiger partial charge in [-0.05, 0) is 41.4 Å². The molecule has 0 aromatic carbocycles. The van der Waals surface area contributed by atoms with Gasteiger partial charge in [-0.15, -0.1) is 22.7 Å². The number of hydrogen-bond donors (Lipinski definition) is 0. The first-order chi connectivity index (χ1) is 9.16. The van der Waals surface area contributed by atoms with Gasteiger partial charge in [0.05, 0.1) is 11.4 Å². The molecule has 3 rings (SSSR count). The zero-order chi connectivity index (χ0) is 13.4. The van der Waals surface area contributed by atoms with Gasteiger partial charge in [-0.3, -0.25) is 0 Å². The molecule has 19 heavy (non-hydrogen) atoms. The van der Waals surface area contributed by atoms with Crippen LogP contribution in [0.15, 0.2) is 29.0 Å². The molecule has 1 unspecified atom stereocenters. The summed E-state index contributed by atoms with van der Waals surface area (Å²) in [4.78, 5) is 13.0. The van der Waals surface area contributed by atoms with Gasteiger partial charge < -0.3 is 4.90 Å². The minimum Gasteiger partial charge on any atom is -0.351 e. The van der Waals surface area contributed by atoms with Crippen molar-refractivity contribution in [1.29, 1.82) is 0 Å². The van der Waals surface area contributed by atoms with Crippen LogP contribution >= 0.6 is 34.3 Å². The largest absolute Gasteiger partial charge is 0.351 e. The summed E-state index contributed by atoms with van der Waals surface area (Å²) in [6, 6.07) is 6.51. The van der Waals surface area contributed by atoms with Gasteiger partial charge in [-0.25, -0.2) is 4.98 Å². The summed E-state index contributed by atoms with van der Waals surface area (Å²) < 4.78 is 0. The number of nitrogens with zero attached hydrogens (tertiary/aromatic N) is 3. The highest BCUT2D eigenvalue weighted by Gasteiger charge is 2.18. The highest BCUT2D eigenvalue weighted by atomic mass is 35.5. The third-order valence-corrected chi connectivity index (χ3v) is 5.17. The Bertz CT molecular complexity index is 693. The van der Waals surface area contributed by atoms with E-state index in [2.05, 4.69) is 39.3 Å². The predicted octanol–water partition coefficient (Wildman–Crippen LogP) is 4.60. The van der Waals surface area contributed by atoms with E-state index in [0.29, 0.717) is 5.28 Å². The molecule has 3 nitrogen and oxygen atoms in total. The predicted molar refractivity (Wildman–Crippen MR) is 83.6 cm³/mol. The van der Waals surface area contributed by atoms with E-state index in [9.17, 15) is 0 Å². The van der Waals surface area contributed by atoms with Crippen molar-refractivity contribution >= 4 is 50.3 Å². The number of thiophene rings is 2. The smallest absolute Gasteiger partial charge is 0.225 e. The Balaban J connectivity index is 2.06. The lowest BCUT2D eigenvalue weighted by molar-refractivity contribution is 0.745. The fourth-order valence-electron chi connectivity index (χ4n) is 1.99. The van der Waals surface area contributed by atoms with Crippen LogP contribution in [0.4, 0.5) is 5.82 Å². The van der Waals surface area contributed by atoms with E-state index in [1.54, 1.807) is 22.7 Å². The maximum atomic E-state index is 6.01. The van der Waals surface area contributed by atoms with Crippen molar-refractivity contribution in [2.24, 2.45) is 0 Å². The zero-order valence-corrected chi connectivity index (χ0v) is 12.9. The van der Waals surface area contributed by atoms with E-state index in [1.165, 1.54) is 4.88 Å². The van der Waals surface area contributed by atoms with Gasteiger partial charge in [-0.2, -0.15) is 4.98 Å². The van der Waals surface area contributed by atoms with E-state index in [-0.39, 0.29) is 6.04 Å². The molecule has 1 atom stereocenters. The minimum absolute atomic E-state index is 0.258. The normalized spacial score (nSPS) is 12.8.